The van der Waals surface area contributed by atoms with E-state index in [1.807, 2.05) is 24.3 Å². The highest BCUT2D eigenvalue weighted by Gasteiger charge is 2.12. The van der Waals surface area contributed by atoms with Crippen LogP contribution in [0.4, 0.5) is 11.4 Å². The van der Waals surface area contributed by atoms with Crippen molar-refractivity contribution in [2.75, 3.05) is 29.9 Å². The van der Waals surface area contributed by atoms with Gasteiger partial charge >= 0.3 is 5.97 Å². The van der Waals surface area contributed by atoms with Gasteiger partial charge in [-0.25, -0.2) is 4.79 Å². The van der Waals surface area contributed by atoms with Gasteiger partial charge in [0, 0.05) is 24.5 Å². The first kappa shape index (κ1) is 18.8. The summed E-state index contributed by atoms with van der Waals surface area (Å²) >= 11 is 0. The van der Waals surface area contributed by atoms with Crippen LogP contribution in [-0.2, 0) is 9.53 Å². The molecule has 0 aromatic heterocycles. The van der Waals surface area contributed by atoms with Crippen molar-refractivity contribution in [1.29, 1.82) is 0 Å². The van der Waals surface area contributed by atoms with Crippen LogP contribution in [-0.4, -0.2) is 36.7 Å². The van der Waals surface area contributed by atoms with E-state index in [1.54, 1.807) is 0 Å². The molecule has 142 valence electrons. The number of nitrogens with zero attached hydrogens (tertiary/aromatic N) is 1. The number of hydrogen-bond donors (Lipinski definition) is 2. The maximum atomic E-state index is 12.0. The number of carbonyl (C=O) groups excluding carboxylic acids is 2. The molecule has 27 heavy (non-hydrogen) atoms. The predicted octanol–water partition coefficient (Wildman–Crippen LogP) is 3.57. The van der Waals surface area contributed by atoms with Gasteiger partial charge in [0.1, 0.15) is 5.75 Å². The van der Waals surface area contributed by atoms with E-state index in [2.05, 4.69) is 10.2 Å². The quantitative estimate of drug-likeness (QED) is 0.789. The maximum Gasteiger partial charge on any atom is 0.338 e. The molecule has 1 aliphatic rings. The molecule has 3 rings (SSSR count). The molecule has 0 spiro atoms. The average Bonchev–Trinajstić information content (AvgIpc) is 2.96. The summed E-state index contributed by atoms with van der Waals surface area (Å²) in [5.74, 6) is -1.10. The molecule has 0 saturated carbocycles. The summed E-state index contributed by atoms with van der Waals surface area (Å²) in [5.41, 5.74) is 2.02. The first-order chi connectivity index (χ1) is 13.1. The summed E-state index contributed by atoms with van der Waals surface area (Å²) < 4.78 is 4.98. The summed E-state index contributed by atoms with van der Waals surface area (Å²) in [4.78, 5) is 26.3. The SMILES string of the molecule is O=C(COC(=O)c1cccc(O)c1)Nc1ccc(N2CCCCCC2)cc1. The van der Waals surface area contributed by atoms with E-state index in [9.17, 15) is 14.7 Å². The average molecular weight is 368 g/mol. The van der Waals surface area contributed by atoms with Crippen molar-refractivity contribution in [3.63, 3.8) is 0 Å². The number of nitrogens with one attached hydrogen (secondary N) is 1. The molecule has 1 fully saturated rings. The number of rotatable bonds is 5. The van der Waals surface area contributed by atoms with E-state index in [-0.39, 0.29) is 17.9 Å². The normalized spacial score (nSPS) is 14.3. The number of phenolic OH excluding ortho intramolecular Hbond substituents is 1. The summed E-state index contributed by atoms with van der Waals surface area (Å²) in [6, 6.07) is 13.5. The Balaban J connectivity index is 1.49. The van der Waals surface area contributed by atoms with Crippen molar-refractivity contribution in [2.45, 2.75) is 25.7 Å². The number of benzene rings is 2. The van der Waals surface area contributed by atoms with Gasteiger partial charge in [-0.1, -0.05) is 18.9 Å². The molecular weight excluding hydrogens is 344 g/mol. The van der Waals surface area contributed by atoms with E-state index in [0.29, 0.717) is 5.69 Å². The van der Waals surface area contributed by atoms with Gasteiger partial charge in [0.25, 0.3) is 5.91 Å². The van der Waals surface area contributed by atoms with Crippen LogP contribution in [0.15, 0.2) is 48.5 Å². The molecule has 2 N–H and O–H groups in total. The van der Waals surface area contributed by atoms with Crippen molar-refractivity contribution in [1.82, 2.24) is 0 Å². The molecule has 1 heterocycles. The lowest BCUT2D eigenvalue weighted by atomic mass is 10.2. The Hall–Kier alpha value is -3.02. The second-order valence-electron chi connectivity index (χ2n) is 6.62. The number of ether oxygens (including phenoxy) is 1. The molecule has 0 atom stereocenters. The van der Waals surface area contributed by atoms with Gasteiger partial charge in [-0.15, -0.1) is 0 Å². The standard InChI is InChI=1S/C21H24N2O4/c24-19-7-5-6-16(14-19)21(26)27-15-20(25)22-17-8-10-18(11-9-17)23-12-3-1-2-4-13-23/h5-11,14,24H,1-4,12-13,15H2,(H,22,25). The van der Waals surface area contributed by atoms with Crippen molar-refractivity contribution in [3.05, 3.63) is 54.1 Å². The Morgan fingerprint density at radius 3 is 2.37 bits per heavy atom. The zero-order chi connectivity index (χ0) is 19.1. The van der Waals surface area contributed by atoms with Crippen LogP contribution in [0.3, 0.4) is 0 Å². The highest BCUT2D eigenvalue weighted by atomic mass is 16.5. The van der Waals surface area contributed by atoms with Crippen molar-refractivity contribution in [2.24, 2.45) is 0 Å². The van der Waals surface area contributed by atoms with Gasteiger partial charge in [0.2, 0.25) is 0 Å². The van der Waals surface area contributed by atoms with Gasteiger partial charge in [-0.05, 0) is 55.3 Å². The maximum absolute atomic E-state index is 12.0. The van der Waals surface area contributed by atoms with Gasteiger partial charge in [0.15, 0.2) is 6.61 Å². The molecule has 0 bridgehead atoms. The van der Waals surface area contributed by atoms with Crippen LogP contribution < -0.4 is 10.2 Å². The Kier molecular flexibility index (Phi) is 6.30. The number of esters is 1. The first-order valence-electron chi connectivity index (χ1n) is 9.23. The molecule has 6 heteroatoms. The van der Waals surface area contributed by atoms with Gasteiger partial charge in [-0.2, -0.15) is 0 Å². The van der Waals surface area contributed by atoms with Crippen LogP contribution in [0.5, 0.6) is 5.75 Å². The third-order valence-electron chi connectivity index (χ3n) is 4.54. The third-order valence-corrected chi connectivity index (χ3v) is 4.54. The van der Waals surface area contributed by atoms with Gasteiger partial charge in [0.05, 0.1) is 5.56 Å². The largest absolute Gasteiger partial charge is 0.508 e. The molecular formula is C21H24N2O4. The Labute approximate surface area is 158 Å². The molecule has 0 unspecified atom stereocenters. The van der Waals surface area contributed by atoms with Crippen LogP contribution in [0, 0.1) is 0 Å². The fourth-order valence-electron chi connectivity index (χ4n) is 3.13. The lowest BCUT2D eigenvalue weighted by molar-refractivity contribution is -0.119. The zero-order valence-corrected chi connectivity index (χ0v) is 15.2. The lowest BCUT2D eigenvalue weighted by Gasteiger charge is -2.22. The first-order valence-corrected chi connectivity index (χ1v) is 9.23. The number of hydrogen-bond acceptors (Lipinski definition) is 5. The van der Waals surface area contributed by atoms with Crippen LogP contribution in [0.2, 0.25) is 0 Å². The van der Waals surface area contributed by atoms with E-state index >= 15 is 0 Å². The van der Waals surface area contributed by atoms with Crippen LogP contribution in [0.1, 0.15) is 36.0 Å². The molecule has 2 aromatic rings. The molecule has 1 amide bonds. The van der Waals surface area contributed by atoms with Crippen LogP contribution >= 0.6 is 0 Å². The third kappa shape index (κ3) is 5.48. The van der Waals surface area contributed by atoms with E-state index < -0.39 is 11.9 Å². The fraction of sp³-hybridized carbons (Fsp3) is 0.333. The minimum atomic E-state index is -0.655. The highest BCUT2D eigenvalue weighted by molar-refractivity contribution is 5.95. The zero-order valence-electron chi connectivity index (χ0n) is 15.2. The summed E-state index contributed by atoms with van der Waals surface area (Å²) in [7, 11) is 0. The van der Waals surface area contributed by atoms with Crippen LogP contribution in [0.25, 0.3) is 0 Å². The summed E-state index contributed by atoms with van der Waals surface area (Å²) in [5, 5.41) is 12.1. The van der Waals surface area contributed by atoms with Crippen molar-refractivity contribution >= 4 is 23.3 Å². The molecule has 0 radical (unpaired) electrons. The lowest BCUT2D eigenvalue weighted by Crippen LogP contribution is -2.24. The monoisotopic (exact) mass is 368 g/mol. The van der Waals surface area contributed by atoms with E-state index in [1.165, 1.54) is 49.9 Å². The molecule has 1 aliphatic heterocycles. The van der Waals surface area contributed by atoms with E-state index in [4.69, 9.17) is 4.74 Å². The van der Waals surface area contributed by atoms with Gasteiger partial charge in [-0.3, -0.25) is 4.79 Å². The fourth-order valence-corrected chi connectivity index (χ4v) is 3.13. The number of amides is 1. The Bertz CT molecular complexity index is 781. The topological polar surface area (TPSA) is 78.9 Å². The second-order valence-corrected chi connectivity index (χ2v) is 6.62. The minimum absolute atomic E-state index is 0.0293. The van der Waals surface area contributed by atoms with Crippen molar-refractivity contribution < 1.29 is 19.4 Å². The Morgan fingerprint density at radius 2 is 1.70 bits per heavy atom. The summed E-state index contributed by atoms with van der Waals surface area (Å²) in [6.45, 7) is 1.75. The number of aromatic hydroxyl groups is 1. The number of phenols is 1. The number of anilines is 2. The summed E-state index contributed by atoms with van der Waals surface area (Å²) in [6.07, 6.45) is 4.99. The molecule has 6 nitrogen and oxygen atoms in total. The smallest absolute Gasteiger partial charge is 0.338 e. The molecule has 2 aromatic carbocycles. The second kappa shape index (κ2) is 9.07. The number of carbonyl (C=O) groups is 2. The van der Waals surface area contributed by atoms with Crippen molar-refractivity contribution in [3.8, 4) is 5.75 Å². The highest BCUT2D eigenvalue weighted by Crippen LogP contribution is 2.21. The Morgan fingerprint density at radius 1 is 1.00 bits per heavy atom. The molecule has 1 saturated heterocycles. The minimum Gasteiger partial charge on any atom is -0.508 e. The van der Waals surface area contributed by atoms with E-state index in [0.717, 1.165) is 18.8 Å². The molecule has 0 aliphatic carbocycles. The van der Waals surface area contributed by atoms with Gasteiger partial charge < -0.3 is 20.1 Å². The predicted molar refractivity (Wildman–Crippen MR) is 104 cm³/mol.